The fourth-order valence-electron chi connectivity index (χ4n) is 2.98. The summed E-state index contributed by atoms with van der Waals surface area (Å²) in [6.07, 6.45) is 2.98. The van der Waals surface area contributed by atoms with Crippen LogP contribution in [0.15, 0.2) is 10.6 Å². The quantitative estimate of drug-likeness (QED) is 0.781. The molecule has 2 aromatic heterocycles. The van der Waals surface area contributed by atoms with E-state index in [0.717, 1.165) is 25.2 Å². The lowest BCUT2D eigenvalue weighted by Gasteiger charge is -2.40. The van der Waals surface area contributed by atoms with Crippen molar-refractivity contribution in [3.05, 3.63) is 23.7 Å². The number of aryl methyl sites for hydroxylation is 1. The molecule has 4 rings (SSSR count). The maximum Gasteiger partial charge on any atom is 0.230 e. The summed E-state index contributed by atoms with van der Waals surface area (Å²) < 4.78 is 13.3. The Balaban J connectivity index is 1.51. The first kappa shape index (κ1) is 12.0. The van der Waals surface area contributed by atoms with E-state index in [9.17, 15) is 0 Å². The van der Waals surface area contributed by atoms with Crippen molar-refractivity contribution in [2.24, 2.45) is 0 Å². The topological polar surface area (TPSA) is 82.1 Å². The fraction of sp³-hybridized carbons (Fsp3) is 0.667. The third-order valence-electron chi connectivity index (χ3n) is 3.94. The van der Waals surface area contributed by atoms with Crippen LogP contribution >= 0.6 is 0 Å². The zero-order valence-electron chi connectivity index (χ0n) is 11.3. The van der Waals surface area contributed by atoms with Crippen molar-refractivity contribution in [2.45, 2.75) is 38.6 Å². The highest BCUT2D eigenvalue weighted by molar-refractivity contribution is 5.01. The van der Waals surface area contributed by atoms with E-state index in [0.29, 0.717) is 24.9 Å². The van der Waals surface area contributed by atoms with Gasteiger partial charge < -0.3 is 9.15 Å². The van der Waals surface area contributed by atoms with Crippen molar-refractivity contribution >= 4 is 0 Å². The van der Waals surface area contributed by atoms with E-state index in [-0.39, 0.29) is 12.1 Å². The summed E-state index contributed by atoms with van der Waals surface area (Å²) in [7, 11) is 0. The van der Waals surface area contributed by atoms with Crippen LogP contribution in [0.3, 0.4) is 0 Å². The van der Waals surface area contributed by atoms with Gasteiger partial charge in [0.05, 0.1) is 37.2 Å². The van der Waals surface area contributed by atoms with Crippen molar-refractivity contribution in [1.29, 1.82) is 0 Å². The first-order chi connectivity index (χ1) is 9.79. The largest absolute Gasteiger partial charge is 0.424 e. The molecule has 8 heteroatoms. The Kier molecular flexibility index (Phi) is 2.78. The predicted molar refractivity (Wildman–Crippen MR) is 66.6 cm³/mol. The summed E-state index contributed by atoms with van der Waals surface area (Å²) in [6, 6.07) is 0.221. The third-order valence-corrected chi connectivity index (χ3v) is 3.94. The van der Waals surface area contributed by atoms with Crippen molar-refractivity contribution in [2.75, 3.05) is 13.1 Å². The lowest BCUT2D eigenvalue weighted by Crippen LogP contribution is -2.47. The molecule has 0 unspecified atom stereocenters. The van der Waals surface area contributed by atoms with Gasteiger partial charge in [0.15, 0.2) is 0 Å². The number of fused-ring (bicyclic) bond motifs is 3. The zero-order valence-corrected chi connectivity index (χ0v) is 11.3. The average Bonchev–Trinajstić information content (AvgIpc) is 3.07. The highest BCUT2D eigenvalue weighted by atomic mass is 16.5. The van der Waals surface area contributed by atoms with Gasteiger partial charge in [-0.05, 0) is 6.42 Å². The molecular formula is C12H16N6O2. The molecule has 4 heterocycles. The van der Waals surface area contributed by atoms with Gasteiger partial charge in [0.1, 0.15) is 0 Å². The minimum absolute atomic E-state index is 0.221. The molecular weight excluding hydrogens is 260 g/mol. The lowest BCUT2D eigenvalue weighted by molar-refractivity contribution is -0.0679. The molecule has 8 nitrogen and oxygen atoms in total. The van der Waals surface area contributed by atoms with Gasteiger partial charge in [0.2, 0.25) is 11.8 Å². The second kappa shape index (κ2) is 4.64. The van der Waals surface area contributed by atoms with Crippen LogP contribution in [0.5, 0.6) is 0 Å². The van der Waals surface area contributed by atoms with Gasteiger partial charge in [-0.2, -0.15) is 0 Å². The summed E-state index contributed by atoms with van der Waals surface area (Å²) in [6.45, 7) is 4.92. The average molecular weight is 276 g/mol. The number of ether oxygens (including phenoxy) is 1. The molecule has 1 saturated heterocycles. The lowest BCUT2D eigenvalue weighted by atomic mass is 10.0. The molecule has 1 fully saturated rings. The van der Waals surface area contributed by atoms with E-state index in [4.69, 9.17) is 9.15 Å². The SMILES string of the molecule is Cc1nnc(CN2CC[C@@H]3OCc4cnnn4[C@H]3C2)o1. The van der Waals surface area contributed by atoms with Crippen molar-refractivity contribution in [1.82, 2.24) is 30.1 Å². The molecule has 0 N–H and O–H groups in total. The molecule has 0 spiro atoms. The minimum Gasteiger partial charge on any atom is -0.424 e. The normalized spacial score (nSPS) is 26.2. The number of nitrogens with zero attached hydrogens (tertiary/aromatic N) is 6. The molecule has 0 bridgehead atoms. The monoisotopic (exact) mass is 276 g/mol. The van der Waals surface area contributed by atoms with E-state index < -0.39 is 0 Å². The van der Waals surface area contributed by atoms with Gasteiger partial charge in [-0.3, -0.25) is 4.90 Å². The molecule has 20 heavy (non-hydrogen) atoms. The molecule has 0 aromatic carbocycles. The smallest absolute Gasteiger partial charge is 0.230 e. The van der Waals surface area contributed by atoms with Crippen LogP contribution in [0.1, 0.15) is 29.9 Å². The van der Waals surface area contributed by atoms with Crippen molar-refractivity contribution < 1.29 is 9.15 Å². The van der Waals surface area contributed by atoms with Crippen LogP contribution in [0.4, 0.5) is 0 Å². The standard InChI is InChI=1S/C12H16N6O2/c1-8-14-15-12(20-8)6-17-3-2-11-10(5-17)18-9(7-19-11)4-13-16-18/h4,10-11H,2-3,5-7H2,1H3/t10-,11-/m0/s1. The molecule has 0 amide bonds. The Morgan fingerprint density at radius 1 is 1.40 bits per heavy atom. The van der Waals surface area contributed by atoms with Crippen LogP contribution in [0, 0.1) is 6.92 Å². The number of hydrogen-bond donors (Lipinski definition) is 0. The van der Waals surface area contributed by atoms with E-state index >= 15 is 0 Å². The van der Waals surface area contributed by atoms with Crippen LogP contribution in [0.25, 0.3) is 0 Å². The van der Waals surface area contributed by atoms with E-state index in [1.54, 1.807) is 13.1 Å². The highest BCUT2D eigenvalue weighted by Gasteiger charge is 2.36. The second-order valence-corrected chi connectivity index (χ2v) is 5.33. The fourth-order valence-corrected chi connectivity index (χ4v) is 2.98. The van der Waals surface area contributed by atoms with Gasteiger partial charge in [-0.25, -0.2) is 4.68 Å². The summed E-state index contributed by atoms with van der Waals surface area (Å²) in [4.78, 5) is 2.30. The first-order valence-corrected chi connectivity index (χ1v) is 6.81. The zero-order chi connectivity index (χ0) is 13.5. The molecule has 0 saturated carbocycles. The molecule has 0 aliphatic carbocycles. The molecule has 2 atom stereocenters. The van der Waals surface area contributed by atoms with E-state index in [1.165, 1.54) is 0 Å². The van der Waals surface area contributed by atoms with Crippen LogP contribution in [-0.2, 0) is 17.9 Å². The number of hydrogen-bond acceptors (Lipinski definition) is 7. The molecule has 2 aliphatic heterocycles. The Hall–Kier alpha value is -1.80. The number of likely N-dealkylation sites (tertiary alicyclic amines) is 1. The second-order valence-electron chi connectivity index (χ2n) is 5.33. The van der Waals surface area contributed by atoms with Crippen molar-refractivity contribution in [3.63, 3.8) is 0 Å². The van der Waals surface area contributed by atoms with Crippen LogP contribution in [0.2, 0.25) is 0 Å². The first-order valence-electron chi connectivity index (χ1n) is 6.81. The maximum absolute atomic E-state index is 5.89. The summed E-state index contributed by atoms with van der Waals surface area (Å²) in [5, 5.41) is 16.1. The highest BCUT2D eigenvalue weighted by Crippen LogP contribution is 2.30. The Bertz CT molecular complexity index is 609. The molecule has 106 valence electrons. The molecule has 2 aliphatic rings. The van der Waals surface area contributed by atoms with Gasteiger partial charge in [0.25, 0.3) is 0 Å². The predicted octanol–water partition coefficient (Wildman–Crippen LogP) is 0.315. The van der Waals surface area contributed by atoms with Gasteiger partial charge in [0, 0.05) is 20.0 Å². The maximum atomic E-state index is 5.89. The van der Waals surface area contributed by atoms with Gasteiger partial charge in [-0.1, -0.05) is 5.21 Å². The van der Waals surface area contributed by atoms with E-state index in [2.05, 4.69) is 25.4 Å². The number of rotatable bonds is 2. The Morgan fingerprint density at radius 2 is 2.35 bits per heavy atom. The Morgan fingerprint density at radius 3 is 3.20 bits per heavy atom. The minimum atomic E-state index is 0.221. The molecule has 2 aromatic rings. The third kappa shape index (κ3) is 2.01. The number of piperidine rings is 1. The van der Waals surface area contributed by atoms with Crippen molar-refractivity contribution in [3.8, 4) is 0 Å². The van der Waals surface area contributed by atoms with E-state index in [1.807, 2.05) is 4.68 Å². The summed E-state index contributed by atoms with van der Waals surface area (Å²) in [5.74, 6) is 1.27. The van der Waals surface area contributed by atoms with Gasteiger partial charge >= 0.3 is 0 Å². The molecule has 0 radical (unpaired) electrons. The van der Waals surface area contributed by atoms with Gasteiger partial charge in [-0.15, -0.1) is 15.3 Å². The van der Waals surface area contributed by atoms with Crippen LogP contribution < -0.4 is 0 Å². The summed E-state index contributed by atoms with van der Waals surface area (Å²) >= 11 is 0. The van der Waals surface area contributed by atoms with Crippen LogP contribution in [-0.4, -0.2) is 49.3 Å². The number of aromatic nitrogens is 5. The summed E-state index contributed by atoms with van der Waals surface area (Å²) in [5.41, 5.74) is 1.04. The Labute approximate surface area is 115 Å².